The van der Waals surface area contributed by atoms with Gasteiger partial charge in [0.05, 0.1) is 22.5 Å². The second kappa shape index (κ2) is 5.68. The number of hydrogen-bond donors (Lipinski definition) is 1. The Morgan fingerprint density at radius 3 is 2.92 bits per heavy atom. The first-order chi connectivity index (χ1) is 12.2. The number of aromatic nitrogens is 2. The number of nitrogens with zero attached hydrogens (tertiary/aromatic N) is 3. The van der Waals surface area contributed by atoms with Crippen LogP contribution >= 0.6 is 11.3 Å². The molecule has 1 aliphatic heterocycles. The SMILES string of the molecule is Cn1c(CNC(=O)c2cc3c(s2)CN(C2CC2)C3)nc2ccccc21. The van der Waals surface area contributed by atoms with Crippen LogP contribution in [0.5, 0.6) is 0 Å². The molecule has 0 bridgehead atoms. The molecule has 0 saturated heterocycles. The fraction of sp³-hybridized carbons (Fsp3) is 0.368. The van der Waals surface area contributed by atoms with Crippen LogP contribution in [0.15, 0.2) is 30.3 Å². The number of fused-ring (bicyclic) bond motifs is 2. The van der Waals surface area contributed by atoms with Gasteiger partial charge in [-0.15, -0.1) is 11.3 Å². The molecular formula is C19H20N4OS. The number of amides is 1. The van der Waals surface area contributed by atoms with Crippen molar-refractivity contribution in [2.24, 2.45) is 7.05 Å². The number of hydrogen-bond acceptors (Lipinski definition) is 4. The number of carbonyl (C=O) groups excluding carboxylic acids is 1. The summed E-state index contributed by atoms with van der Waals surface area (Å²) in [5.41, 5.74) is 3.39. The lowest BCUT2D eigenvalue weighted by Gasteiger charge is -2.12. The lowest BCUT2D eigenvalue weighted by Crippen LogP contribution is -2.24. The van der Waals surface area contributed by atoms with E-state index in [1.54, 1.807) is 11.3 Å². The van der Waals surface area contributed by atoms with Gasteiger partial charge in [-0.3, -0.25) is 9.69 Å². The normalized spacial score (nSPS) is 17.2. The van der Waals surface area contributed by atoms with Crippen molar-refractivity contribution in [3.05, 3.63) is 51.5 Å². The van der Waals surface area contributed by atoms with Crippen LogP contribution in [0.3, 0.4) is 0 Å². The van der Waals surface area contributed by atoms with E-state index >= 15 is 0 Å². The molecule has 1 fully saturated rings. The number of nitrogens with one attached hydrogen (secondary N) is 1. The van der Waals surface area contributed by atoms with E-state index in [1.165, 1.54) is 23.3 Å². The van der Waals surface area contributed by atoms with Gasteiger partial charge in [-0.2, -0.15) is 0 Å². The van der Waals surface area contributed by atoms with Crippen LogP contribution in [0.25, 0.3) is 11.0 Å². The van der Waals surface area contributed by atoms with Crippen LogP contribution in [-0.4, -0.2) is 26.4 Å². The van der Waals surface area contributed by atoms with Gasteiger partial charge in [0.25, 0.3) is 5.91 Å². The number of para-hydroxylation sites is 2. The smallest absolute Gasteiger partial charge is 0.261 e. The van der Waals surface area contributed by atoms with Crippen LogP contribution in [-0.2, 0) is 26.7 Å². The quantitative estimate of drug-likeness (QED) is 0.785. The summed E-state index contributed by atoms with van der Waals surface area (Å²) in [4.78, 5) is 21.8. The molecule has 0 radical (unpaired) electrons. The molecule has 5 nitrogen and oxygen atoms in total. The van der Waals surface area contributed by atoms with Gasteiger partial charge in [0, 0.05) is 31.1 Å². The lowest BCUT2D eigenvalue weighted by atomic mass is 10.3. The van der Waals surface area contributed by atoms with Crippen molar-refractivity contribution in [1.29, 1.82) is 0 Å². The Hall–Kier alpha value is -2.18. The van der Waals surface area contributed by atoms with E-state index in [0.29, 0.717) is 6.54 Å². The van der Waals surface area contributed by atoms with Crippen molar-refractivity contribution in [2.75, 3.05) is 0 Å². The molecule has 1 saturated carbocycles. The van der Waals surface area contributed by atoms with Crippen LogP contribution in [0, 0.1) is 0 Å². The van der Waals surface area contributed by atoms with Gasteiger partial charge in [0.2, 0.25) is 0 Å². The Bertz CT molecular complexity index is 946. The molecule has 25 heavy (non-hydrogen) atoms. The summed E-state index contributed by atoms with van der Waals surface area (Å²) in [6.07, 6.45) is 2.67. The highest BCUT2D eigenvalue weighted by atomic mass is 32.1. The molecule has 1 N–H and O–H groups in total. The standard InChI is InChI=1S/C19H20N4OS/c1-22-15-5-3-2-4-14(15)21-18(22)9-20-19(24)16-8-12-10-23(13-6-7-13)11-17(12)25-16/h2-5,8,13H,6-7,9-11H2,1H3,(H,20,24). The van der Waals surface area contributed by atoms with Gasteiger partial charge < -0.3 is 9.88 Å². The highest BCUT2D eigenvalue weighted by molar-refractivity contribution is 7.14. The Morgan fingerprint density at radius 2 is 2.16 bits per heavy atom. The van der Waals surface area contributed by atoms with E-state index < -0.39 is 0 Å². The molecule has 3 aromatic rings. The Balaban J connectivity index is 1.28. The van der Waals surface area contributed by atoms with Gasteiger partial charge in [-0.05, 0) is 36.6 Å². The van der Waals surface area contributed by atoms with Crippen LogP contribution < -0.4 is 5.32 Å². The molecule has 128 valence electrons. The zero-order valence-corrected chi connectivity index (χ0v) is 15.0. The predicted molar refractivity (Wildman–Crippen MR) is 98.5 cm³/mol. The highest BCUT2D eigenvalue weighted by Crippen LogP contribution is 2.38. The molecule has 2 aromatic heterocycles. The molecular weight excluding hydrogens is 332 g/mol. The zero-order valence-electron chi connectivity index (χ0n) is 14.2. The van der Waals surface area contributed by atoms with Crippen molar-refractivity contribution in [3.8, 4) is 0 Å². The summed E-state index contributed by atoms with van der Waals surface area (Å²) < 4.78 is 2.04. The number of aryl methyl sites for hydroxylation is 1. The van der Waals surface area contributed by atoms with Gasteiger partial charge in [-0.1, -0.05) is 12.1 Å². The second-order valence-electron chi connectivity index (χ2n) is 6.95. The molecule has 0 atom stereocenters. The molecule has 1 amide bonds. The number of carbonyl (C=O) groups is 1. The number of benzene rings is 1. The molecule has 6 heteroatoms. The third-order valence-corrected chi connectivity index (χ3v) is 6.35. The number of rotatable bonds is 4. The molecule has 0 spiro atoms. The molecule has 5 rings (SSSR count). The van der Waals surface area contributed by atoms with E-state index in [4.69, 9.17) is 0 Å². The Labute approximate surface area is 150 Å². The summed E-state index contributed by atoms with van der Waals surface area (Å²) in [5.74, 6) is 0.878. The van der Waals surface area contributed by atoms with Crippen LogP contribution in [0.2, 0.25) is 0 Å². The maximum absolute atomic E-state index is 12.5. The van der Waals surface area contributed by atoms with Crippen molar-refractivity contribution >= 4 is 28.3 Å². The van der Waals surface area contributed by atoms with Crippen LogP contribution in [0.1, 0.15) is 38.8 Å². The minimum atomic E-state index is 0.00410. The Kier molecular flexibility index (Phi) is 3.43. The summed E-state index contributed by atoms with van der Waals surface area (Å²) in [6, 6.07) is 10.9. The first-order valence-electron chi connectivity index (χ1n) is 8.73. The van der Waals surface area contributed by atoms with E-state index in [-0.39, 0.29) is 5.91 Å². The lowest BCUT2D eigenvalue weighted by molar-refractivity contribution is 0.0953. The summed E-state index contributed by atoms with van der Waals surface area (Å²) in [5, 5.41) is 3.03. The fourth-order valence-electron chi connectivity index (χ4n) is 3.60. The highest BCUT2D eigenvalue weighted by Gasteiger charge is 2.34. The summed E-state index contributed by atoms with van der Waals surface area (Å²) >= 11 is 1.64. The maximum Gasteiger partial charge on any atom is 0.261 e. The van der Waals surface area contributed by atoms with Gasteiger partial charge in [0.15, 0.2) is 0 Å². The van der Waals surface area contributed by atoms with Crippen molar-refractivity contribution in [3.63, 3.8) is 0 Å². The number of imidazole rings is 1. The average molecular weight is 352 g/mol. The first-order valence-corrected chi connectivity index (χ1v) is 9.55. The van der Waals surface area contributed by atoms with Gasteiger partial charge in [0.1, 0.15) is 5.82 Å². The molecule has 2 aliphatic rings. The van der Waals surface area contributed by atoms with E-state index in [1.807, 2.05) is 35.9 Å². The topological polar surface area (TPSA) is 50.2 Å². The largest absolute Gasteiger partial charge is 0.344 e. The molecule has 1 aliphatic carbocycles. The van der Waals surface area contributed by atoms with E-state index in [2.05, 4.69) is 21.3 Å². The number of thiophene rings is 1. The van der Waals surface area contributed by atoms with E-state index in [0.717, 1.165) is 40.9 Å². The summed E-state index contributed by atoms with van der Waals surface area (Å²) in [7, 11) is 1.99. The third kappa shape index (κ3) is 2.65. The second-order valence-corrected chi connectivity index (χ2v) is 8.09. The monoisotopic (exact) mass is 352 g/mol. The minimum absolute atomic E-state index is 0.00410. The van der Waals surface area contributed by atoms with E-state index in [9.17, 15) is 4.79 Å². The predicted octanol–water partition coefficient (Wildman–Crippen LogP) is 3.04. The van der Waals surface area contributed by atoms with Crippen molar-refractivity contribution in [2.45, 2.75) is 38.5 Å². The van der Waals surface area contributed by atoms with Crippen molar-refractivity contribution in [1.82, 2.24) is 19.8 Å². The maximum atomic E-state index is 12.5. The summed E-state index contributed by atoms with van der Waals surface area (Å²) in [6.45, 7) is 2.47. The minimum Gasteiger partial charge on any atom is -0.344 e. The van der Waals surface area contributed by atoms with Gasteiger partial charge in [-0.25, -0.2) is 4.98 Å². The fourth-order valence-corrected chi connectivity index (χ4v) is 4.72. The Morgan fingerprint density at radius 1 is 1.32 bits per heavy atom. The average Bonchev–Trinajstić information content (AvgIpc) is 3.15. The van der Waals surface area contributed by atoms with Gasteiger partial charge >= 0.3 is 0 Å². The molecule has 1 aromatic carbocycles. The molecule has 3 heterocycles. The first kappa shape index (κ1) is 15.1. The van der Waals surface area contributed by atoms with Crippen molar-refractivity contribution < 1.29 is 4.79 Å². The van der Waals surface area contributed by atoms with Crippen LogP contribution in [0.4, 0.5) is 0 Å². The molecule has 0 unspecified atom stereocenters. The third-order valence-electron chi connectivity index (χ3n) is 5.19. The zero-order chi connectivity index (χ0) is 17.0.